The number of rotatable bonds is 7. The number of nitrogens with one attached hydrogen (secondary N) is 1. The Kier molecular flexibility index (Phi) is 6.40. The molecule has 0 aliphatic carbocycles. The monoisotopic (exact) mass is 378 g/mol. The van der Waals surface area contributed by atoms with Crippen LogP contribution in [-0.4, -0.2) is 60.1 Å². The summed E-state index contributed by atoms with van der Waals surface area (Å²) in [4.78, 5) is 26.2. The van der Waals surface area contributed by atoms with E-state index in [9.17, 15) is 19.8 Å². The van der Waals surface area contributed by atoms with Crippen molar-refractivity contribution in [2.24, 2.45) is 0 Å². The highest BCUT2D eigenvalue weighted by molar-refractivity contribution is 6.94. The number of hydrogen-bond acceptors (Lipinski definition) is 6. The van der Waals surface area contributed by atoms with Crippen molar-refractivity contribution in [1.29, 1.82) is 0 Å². The number of aliphatic hydroxyl groups is 2. The molecule has 2 heterocycles. The molecule has 3 N–H and O–H groups in total. The van der Waals surface area contributed by atoms with Gasteiger partial charge in [0.2, 0.25) is 0 Å². The van der Waals surface area contributed by atoms with E-state index in [0.717, 1.165) is 12.8 Å². The normalized spacial score (nSPS) is 30.5. The lowest BCUT2D eigenvalue weighted by atomic mass is 10.1. The summed E-state index contributed by atoms with van der Waals surface area (Å²) in [6, 6.07) is 0. The highest BCUT2D eigenvalue weighted by atomic mass is 35.6. The van der Waals surface area contributed by atoms with Gasteiger partial charge < -0.3 is 19.7 Å². The van der Waals surface area contributed by atoms with E-state index >= 15 is 0 Å². The lowest BCUT2D eigenvalue weighted by Crippen LogP contribution is -2.55. The van der Waals surface area contributed by atoms with Gasteiger partial charge >= 0.3 is 5.69 Å². The molecule has 0 spiro atoms. The molecule has 0 aromatic carbocycles. The number of hydrogen-bond donors (Lipinski definition) is 3. The number of aliphatic hydroxyl groups excluding tert-OH is 2. The fourth-order valence-corrected chi connectivity index (χ4v) is 4.99. The van der Waals surface area contributed by atoms with Crippen LogP contribution in [-0.2, 0) is 14.8 Å². The summed E-state index contributed by atoms with van der Waals surface area (Å²) in [7, 11) is -1.62. The Morgan fingerprint density at radius 1 is 1.54 bits per heavy atom. The van der Waals surface area contributed by atoms with Crippen molar-refractivity contribution in [2.45, 2.75) is 50.3 Å². The molecule has 4 atom stereocenters. The third-order valence-corrected chi connectivity index (χ3v) is 6.63. The molecule has 1 aliphatic heterocycles. The molecule has 1 saturated heterocycles. The van der Waals surface area contributed by atoms with Gasteiger partial charge in [-0.15, -0.1) is 0 Å². The average molecular weight is 379 g/mol. The number of nitrogens with zero attached hydrogens (tertiary/aromatic N) is 1. The van der Waals surface area contributed by atoms with Crippen molar-refractivity contribution in [2.75, 3.05) is 13.2 Å². The second-order valence-electron chi connectivity index (χ2n) is 5.89. The molecular formula is C14H23ClN2O6Si. The van der Waals surface area contributed by atoms with Crippen LogP contribution in [0.1, 0.15) is 25.3 Å². The van der Waals surface area contributed by atoms with E-state index < -0.39 is 50.3 Å². The zero-order valence-corrected chi connectivity index (χ0v) is 15.9. The Bertz CT molecular complexity index is 680. The van der Waals surface area contributed by atoms with Gasteiger partial charge in [0.05, 0.1) is 6.61 Å². The maximum absolute atomic E-state index is 12.3. The number of unbranched alkanes of at least 4 members (excludes halogenated alkanes) is 1. The molecule has 136 valence electrons. The van der Waals surface area contributed by atoms with Gasteiger partial charge in [0.25, 0.3) is 5.56 Å². The van der Waals surface area contributed by atoms with Crippen LogP contribution >= 0.6 is 11.1 Å². The van der Waals surface area contributed by atoms with Crippen molar-refractivity contribution in [3.8, 4) is 0 Å². The van der Waals surface area contributed by atoms with Crippen molar-refractivity contribution >= 4 is 19.9 Å². The van der Waals surface area contributed by atoms with E-state index in [1.54, 1.807) is 6.92 Å². The van der Waals surface area contributed by atoms with Crippen molar-refractivity contribution < 1.29 is 19.7 Å². The van der Waals surface area contributed by atoms with Crippen LogP contribution in [0.5, 0.6) is 0 Å². The number of ether oxygens (including phenoxy) is 2. The minimum absolute atomic E-state index is 0.311. The zero-order chi connectivity index (χ0) is 17.9. The fourth-order valence-electron chi connectivity index (χ4n) is 2.80. The topological polar surface area (TPSA) is 114 Å². The maximum atomic E-state index is 12.3. The van der Waals surface area contributed by atoms with E-state index in [1.165, 1.54) is 10.8 Å². The quantitative estimate of drug-likeness (QED) is 0.309. The van der Waals surface area contributed by atoms with Crippen LogP contribution in [0, 0.1) is 6.92 Å². The predicted octanol–water partition coefficient (Wildman–Crippen LogP) is -1.28. The van der Waals surface area contributed by atoms with Gasteiger partial charge in [-0.1, -0.05) is 13.3 Å². The summed E-state index contributed by atoms with van der Waals surface area (Å²) in [6.07, 6.45) is 0.0922. The Balaban J connectivity index is 2.52. The van der Waals surface area contributed by atoms with Crippen molar-refractivity contribution in [3.05, 3.63) is 32.6 Å². The lowest BCUT2D eigenvalue weighted by molar-refractivity contribution is -0.109. The number of H-pyrrole nitrogens is 1. The van der Waals surface area contributed by atoms with Crippen LogP contribution in [0.15, 0.2) is 15.8 Å². The Hall–Kier alpha value is -0.973. The van der Waals surface area contributed by atoms with Crippen LogP contribution < -0.4 is 11.2 Å². The molecular weight excluding hydrogens is 356 g/mol. The molecule has 0 amide bonds. The van der Waals surface area contributed by atoms with Gasteiger partial charge in [-0.25, -0.2) is 4.79 Å². The molecule has 1 aliphatic rings. The van der Waals surface area contributed by atoms with Crippen LogP contribution in [0.2, 0.25) is 0 Å². The first-order chi connectivity index (χ1) is 11.4. The molecule has 1 aromatic rings. The number of aryl methyl sites for hydroxylation is 1. The molecule has 2 rings (SSSR count). The molecule has 0 saturated carbocycles. The minimum atomic E-state index is -1.62. The predicted molar refractivity (Wildman–Crippen MR) is 91.0 cm³/mol. The van der Waals surface area contributed by atoms with Crippen molar-refractivity contribution in [1.82, 2.24) is 9.55 Å². The van der Waals surface area contributed by atoms with E-state index in [4.69, 9.17) is 20.6 Å². The Labute approximate surface area is 145 Å². The molecule has 0 bridgehead atoms. The number of aromatic amines is 1. The second kappa shape index (κ2) is 7.94. The van der Waals surface area contributed by atoms with Crippen LogP contribution in [0.4, 0.5) is 0 Å². The third kappa shape index (κ3) is 3.37. The highest BCUT2D eigenvalue weighted by Crippen LogP contribution is 2.37. The molecule has 10 heteroatoms. The van der Waals surface area contributed by atoms with Gasteiger partial charge in [0.1, 0.15) is 18.3 Å². The van der Waals surface area contributed by atoms with Crippen molar-refractivity contribution in [3.63, 3.8) is 0 Å². The summed E-state index contributed by atoms with van der Waals surface area (Å²) in [5, 5.41) is 18.5. The van der Waals surface area contributed by atoms with E-state index in [-0.39, 0.29) is 0 Å². The van der Waals surface area contributed by atoms with E-state index in [0.29, 0.717) is 12.2 Å². The Morgan fingerprint density at radius 3 is 2.83 bits per heavy atom. The van der Waals surface area contributed by atoms with Gasteiger partial charge in [-0.3, -0.25) is 14.3 Å². The SMILES string of the molecule is CCCCOC1[C@H](O)[C@@H](CO)O[C@@]1([SiH2]Cl)n1cc(C)c(=O)[nH]c1=O. The highest BCUT2D eigenvalue weighted by Gasteiger charge is 2.57. The molecule has 0 radical (unpaired) electrons. The minimum Gasteiger partial charge on any atom is -0.394 e. The van der Waals surface area contributed by atoms with Crippen LogP contribution in [0.3, 0.4) is 0 Å². The standard InChI is InChI=1S/C14H23ClN2O6Si/c1-3-4-5-22-11-10(19)9(7-18)23-14(11,24-15)17-6-8(2)12(20)16-13(17)21/h6,9-11,18-19H,3-5,7,24H2,1-2H3,(H,16,20,21)/t9-,10-,11?,14+/m1/s1. The molecule has 24 heavy (non-hydrogen) atoms. The molecule has 1 unspecified atom stereocenters. The largest absolute Gasteiger partial charge is 0.394 e. The number of halogens is 1. The smallest absolute Gasteiger partial charge is 0.330 e. The summed E-state index contributed by atoms with van der Waals surface area (Å²) in [6.45, 7) is 3.49. The first-order valence-electron chi connectivity index (χ1n) is 7.88. The lowest BCUT2D eigenvalue weighted by Gasteiger charge is -2.34. The maximum Gasteiger partial charge on any atom is 0.330 e. The average Bonchev–Trinajstić information content (AvgIpc) is 2.84. The first-order valence-corrected chi connectivity index (χ1v) is 10.7. The second-order valence-corrected chi connectivity index (χ2v) is 7.98. The third-order valence-electron chi connectivity index (χ3n) is 4.19. The molecule has 1 aromatic heterocycles. The van der Waals surface area contributed by atoms with E-state index in [1.807, 2.05) is 6.92 Å². The van der Waals surface area contributed by atoms with Gasteiger partial charge in [-0.2, -0.15) is 11.1 Å². The fraction of sp³-hybridized carbons (Fsp3) is 0.714. The Morgan fingerprint density at radius 2 is 2.25 bits per heavy atom. The summed E-state index contributed by atoms with van der Waals surface area (Å²) in [5.74, 6) is 0. The van der Waals surface area contributed by atoms with Gasteiger partial charge in [0, 0.05) is 18.4 Å². The van der Waals surface area contributed by atoms with Crippen LogP contribution in [0.25, 0.3) is 0 Å². The first kappa shape index (κ1) is 19.4. The molecule has 1 fully saturated rings. The molecule has 8 nitrogen and oxygen atoms in total. The van der Waals surface area contributed by atoms with E-state index in [2.05, 4.69) is 4.98 Å². The summed E-state index contributed by atoms with van der Waals surface area (Å²) >= 11 is 6.25. The summed E-state index contributed by atoms with van der Waals surface area (Å²) < 4.78 is 12.8. The zero-order valence-electron chi connectivity index (χ0n) is 13.7. The number of aromatic nitrogens is 2. The van der Waals surface area contributed by atoms with Gasteiger partial charge in [-0.05, 0) is 13.3 Å². The van der Waals surface area contributed by atoms with Gasteiger partial charge in [0.15, 0.2) is 14.2 Å². The summed E-state index contributed by atoms with van der Waals surface area (Å²) in [5.41, 5.74) is -0.872.